The summed E-state index contributed by atoms with van der Waals surface area (Å²) in [6.45, 7) is 0.988. The van der Waals surface area contributed by atoms with Gasteiger partial charge >= 0.3 is 5.97 Å². The molecule has 2 fully saturated rings. The summed E-state index contributed by atoms with van der Waals surface area (Å²) in [5.74, 6) is -1.30. The van der Waals surface area contributed by atoms with Crippen LogP contribution in [0.3, 0.4) is 0 Å². The lowest BCUT2D eigenvalue weighted by Gasteiger charge is -2.18. The molecule has 0 spiro atoms. The first-order chi connectivity index (χ1) is 16.3. The van der Waals surface area contributed by atoms with E-state index in [4.69, 9.17) is 4.74 Å². The average molecular weight is 481 g/mol. The molecular weight excluding hydrogens is 462 g/mol. The third kappa shape index (κ3) is 5.15. The topological polar surface area (TPSA) is 127 Å². The van der Waals surface area contributed by atoms with Crippen LogP contribution in [0.2, 0.25) is 0 Å². The summed E-state index contributed by atoms with van der Waals surface area (Å²) >= 11 is 0.746. The van der Waals surface area contributed by atoms with Gasteiger partial charge in [0.1, 0.15) is 12.3 Å². The van der Waals surface area contributed by atoms with Crippen molar-refractivity contribution in [3.8, 4) is 5.75 Å². The molecule has 3 amide bonds. The largest absolute Gasteiger partial charge is 0.423 e. The number of carbonyl (C=O) groups excluding carboxylic acids is 4. The van der Waals surface area contributed by atoms with Gasteiger partial charge in [0.25, 0.3) is 16.8 Å². The van der Waals surface area contributed by atoms with Crippen LogP contribution >= 0.6 is 11.8 Å². The fourth-order valence-corrected chi connectivity index (χ4v) is 4.38. The number of nitro groups is 1. The van der Waals surface area contributed by atoms with E-state index >= 15 is 0 Å². The number of likely N-dealkylation sites (tertiary alicyclic amines) is 1. The van der Waals surface area contributed by atoms with Crippen LogP contribution in [-0.4, -0.2) is 57.4 Å². The minimum atomic E-state index is -0.701. The van der Waals surface area contributed by atoms with Crippen molar-refractivity contribution in [3.63, 3.8) is 0 Å². The highest BCUT2D eigenvalue weighted by Gasteiger charge is 2.37. The molecule has 174 valence electrons. The first-order valence-electron chi connectivity index (χ1n) is 10.4. The molecule has 11 heteroatoms. The van der Waals surface area contributed by atoms with Crippen molar-refractivity contribution >= 4 is 46.5 Å². The van der Waals surface area contributed by atoms with Gasteiger partial charge < -0.3 is 9.64 Å². The van der Waals surface area contributed by atoms with E-state index in [0.29, 0.717) is 18.7 Å². The molecule has 0 radical (unpaired) electrons. The van der Waals surface area contributed by atoms with Crippen LogP contribution in [0.5, 0.6) is 5.75 Å². The van der Waals surface area contributed by atoms with Crippen LogP contribution in [-0.2, 0) is 9.59 Å². The van der Waals surface area contributed by atoms with Crippen LogP contribution in [0.15, 0.2) is 53.4 Å². The quantitative estimate of drug-likeness (QED) is 0.202. The molecule has 34 heavy (non-hydrogen) atoms. The van der Waals surface area contributed by atoms with Gasteiger partial charge in [-0.3, -0.25) is 29.4 Å². The number of hydrogen-bond donors (Lipinski definition) is 0. The van der Waals surface area contributed by atoms with Crippen LogP contribution in [0.25, 0.3) is 6.08 Å². The fourth-order valence-electron chi connectivity index (χ4n) is 3.54. The Balaban J connectivity index is 1.43. The molecule has 0 saturated carbocycles. The second-order valence-corrected chi connectivity index (χ2v) is 8.61. The maximum Gasteiger partial charge on any atom is 0.343 e. The smallest absolute Gasteiger partial charge is 0.343 e. The number of thioether (sulfide) groups is 1. The van der Waals surface area contributed by atoms with E-state index < -0.39 is 22.0 Å². The molecule has 4 rings (SSSR count). The molecule has 0 N–H and O–H groups in total. The Morgan fingerprint density at radius 2 is 1.79 bits per heavy atom. The number of carbonyl (C=O) groups is 4. The van der Waals surface area contributed by atoms with Gasteiger partial charge in [0.05, 0.1) is 15.4 Å². The maximum absolute atomic E-state index is 12.7. The summed E-state index contributed by atoms with van der Waals surface area (Å²) in [7, 11) is 0. The molecule has 2 aromatic rings. The van der Waals surface area contributed by atoms with Gasteiger partial charge in [-0.2, -0.15) is 0 Å². The lowest BCUT2D eigenvalue weighted by molar-refractivity contribution is -0.384. The van der Waals surface area contributed by atoms with E-state index in [9.17, 15) is 29.3 Å². The first-order valence-corrected chi connectivity index (χ1v) is 11.2. The van der Waals surface area contributed by atoms with E-state index in [1.54, 1.807) is 23.1 Å². The molecule has 0 unspecified atom stereocenters. The van der Waals surface area contributed by atoms with Gasteiger partial charge in [-0.25, -0.2) is 4.79 Å². The molecule has 2 saturated heterocycles. The van der Waals surface area contributed by atoms with Crippen LogP contribution in [0, 0.1) is 10.1 Å². The number of esters is 1. The van der Waals surface area contributed by atoms with Crippen molar-refractivity contribution in [2.45, 2.75) is 12.8 Å². The number of non-ortho nitro benzene ring substituents is 1. The molecule has 0 aromatic heterocycles. The Kier molecular flexibility index (Phi) is 6.73. The number of imide groups is 1. The van der Waals surface area contributed by atoms with Gasteiger partial charge in [-0.1, -0.05) is 12.1 Å². The van der Waals surface area contributed by atoms with E-state index in [1.807, 2.05) is 0 Å². The van der Waals surface area contributed by atoms with Crippen molar-refractivity contribution in [1.29, 1.82) is 0 Å². The summed E-state index contributed by atoms with van der Waals surface area (Å²) in [6.07, 6.45) is 3.33. The number of benzene rings is 2. The second kappa shape index (κ2) is 9.87. The zero-order chi connectivity index (χ0) is 24.2. The second-order valence-electron chi connectivity index (χ2n) is 7.62. The van der Waals surface area contributed by atoms with E-state index in [1.165, 1.54) is 36.4 Å². The van der Waals surface area contributed by atoms with Crippen molar-refractivity contribution in [2.24, 2.45) is 0 Å². The van der Waals surface area contributed by atoms with Gasteiger partial charge in [0, 0.05) is 25.2 Å². The fraction of sp³-hybridized carbons (Fsp3) is 0.217. The maximum atomic E-state index is 12.7. The third-order valence-corrected chi connectivity index (χ3v) is 6.21. The molecule has 2 aliphatic heterocycles. The summed E-state index contributed by atoms with van der Waals surface area (Å²) in [5.41, 5.74) is 0.514. The van der Waals surface area contributed by atoms with Gasteiger partial charge in [-0.05, 0) is 60.5 Å². The van der Waals surface area contributed by atoms with Gasteiger partial charge in [0.15, 0.2) is 0 Å². The average Bonchev–Trinajstić information content (AvgIpc) is 3.44. The molecule has 2 aromatic carbocycles. The first kappa shape index (κ1) is 23.2. The Labute approximate surface area is 198 Å². The van der Waals surface area contributed by atoms with E-state index in [0.717, 1.165) is 29.5 Å². The monoisotopic (exact) mass is 481 g/mol. The summed E-state index contributed by atoms with van der Waals surface area (Å²) in [4.78, 5) is 62.6. The molecule has 2 heterocycles. The highest BCUT2D eigenvalue weighted by molar-refractivity contribution is 8.18. The van der Waals surface area contributed by atoms with Crippen LogP contribution in [0.1, 0.15) is 28.8 Å². The molecule has 0 aliphatic carbocycles. The van der Waals surface area contributed by atoms with Crippen molar-refractivity contribution in [3.05, 3.63) is 74.7 Å². The highest BCUT2D eigenvalue weighted by Crippen LogP contribution is 2.33. The van der Waals surface area contributed by atoms with Gasteiger partial charge in [0.2, 0.25) is 5.91 Å². The number of rotatable bonds is 6. The Hall–Kier alpha value is -3.99. The summed E-state index contributed by atoms with van der Waals surface area (Å²) in [6, 6.07) is 11.4. The molecule has 2 aliphatic rings. The zero-order valence-corrected chi connectivity index (χ0v) is 18.7. The standard InChI is InChI=1S/C23H19N3O7S/c27-20(24-10-1-2-11-24)14-25-21(28)19(34-23(25)30)13-15-4-3-5-18(12-15)33-22(29)16-6-8-17(9-7-16)26(31)32/h3-9,12-13H,1-2,10-11,14H2/b19-13-. The van der Waals surface area contributed by atoms with Crippen molar-refractivity contribution < 1.29 is 28.8 Å². The Morgan fingerprint density at radius 3 is 2.47 bits per heavy atom. The molecule has 10 nitrogen and oxygen atoms in total. The van der Waals surface area contributed by atoms with Crippen LogP contribution in [0.4, 0.5) is 10.5 Å². The predicted molar refractivity (Wildman–Crippen MR) is 123 cm³/mol. The minimum absolute atomic E-state index is 0.139. The summed E-state index contributed by atoms with van der Waals surface area (Å²) in [5, 5.41) is 10.2. The van der Waals surface area contributed by atoms with Gasteiger partial charge in [-0.15, -0.1) is 0 Å². The SMILES string of the molecule is O=C(Oc1cccc(/C=C2\SC(=O)N(CC(=O)N3CCCC3)C2=O)c1)c1ccc([N+](=O)[O-])cc1. The lowest BCUT2D eigenvalue weighted by atomic mass is 10.2. The number of nitrogens with zero attached hydrogens (tertiary/aromatic N) is 3. The Bertz CT molecular complexity index is 1200. The molecule has 0 atom stereocenters. The van der Waals surface area contributed by atoms with E-state index in [2.05, 4.69) is 0 Å². The summed E-state index contributed by atoms with van der Waals surface area (Å²) < 4.78 is 5.33. The highest BCUT2D eigenvalue weighted by atomic mass is 32.2. The number of amides is 3. The Morgan fingerprint density at radius 1 is 1.09 bits per heavy atom. The lowest BCUT2D eigenvalue weighted by Crippen LogP contribution is -2.40. The molecular formula is C23H19N3O7S. The molecule has 0 bridgehead atoms. The third-order valence-electron chi connectivity index (χ3n) is 5.31. The normalized spacial score (nSPS) is 16.9. The number of ether oxygens (including phenoxy) is 1. The number of hydrogen-bond acceptors (Lipinski definition) is 8. The minimum Gasteiger partial charge on any atom is -0.423 e. The zero-order valence-electron chi connectivity index (χ0n) is 17.8. The number of nitro benzene ring substituents is 1. The van der Waals surface area contributed by atoms with Crippen molar-refractivity contribution in [1.82, 2.24) is 9.80 Å². The predicted octanol–water partition coefficient (Wildman–Crippen LogP) is 3.47. The van der Waals surface area contributed by atoms with Crippen LogP contribution < -0.4 is 4.74 Å². The van der Waals surface area contributed by atoms with Crippen molar-refractivity contribution in [2.75, 3.05) is 19.6 Å². The van der Waals surface area contributed by atoms with E-state index in [-0.39, 0.29) is 34.4 Å².